The molecule has 0 aliphatic carbocycles. The molecule has 0 spiro atoms. The van der Waals surface area contributed by atoms with Crippen LogP contribution in [0.4, 0.5) is 13.2 Å². The molecule has 0 amide bonds. The molecule has 0 radical (unpaired) electrons. The second kappa shape index (κ2) is 9.74. The standard InChI is InChI=1S/C29H15ClF3N3O3/c30-22-3-1-2-21(29(31,32)33)25(22)27(37)20-12-19(16-6-4-15(14-34)5-7-16)13-23-24(20)26(36-35-23)17-8-10-18(11-9-17)28(38)39/h1-13H,(H,35,36)(H,38,39). The van der Waals surface area contributed by atoms with E-state index in [0.29, 0.717) is 27.8 Å². The zero-order valence-electron chi connectivity index (χ0n) is 19.7. The summed E-state index contributed by atoms with van der Waals surface area (Å²) in [5.74, 6) is -2.09. The van der Waals surface area contributed by atoms with Crippen LogP contribution in [0, 0.1) is 11.3 Å². The predicted molar refractivity (Wildman–Crippen MR) is 139 cm³/mol. The topological polar surface area (TPSA) is 107 Å². The van der Waals surface area contributed by atoms with Crippen LogP contribution in [0.15, 0.2) is 78.9 Å². The number of hydrogen-bond donors (Lipinski definition) is 2. The van der Waals surface area contributed by atoms with E-state index in [9.17, 15) is 27.9 Å². The molecule has 1 heterocycles. The molecule has 192 valence electrons. The van der Waals surface area contributed by atoms with Gasteiger partial charge < -0.3 is 5.11 Å². The van der Waals surface area contributed by atoms with Gasteiger partial charge in [-0.1, -0.05) is 41.9 Å². The van der Waals surface area contributed by atoms with Gasteiger partial charge in [0.1, 0.15) is 5.69 Å². The summed E-state index contributed by atoms with van der Waals surface area (Å²) < 4.78 is 41.8. The lowest BCUT2D eigenvalue weighted by molar-refractivity contribution is -0.137. The maximum Gasteiger partial charge on any atom is 0.417 e. The van der Waals surface area contributed by atoms with Gasteiger partial charge in [0.05, 0.1) is 38.9 Å². The lowest BCUT2D eigenvalue weighted by Crippen LogP contribution is -2.15. The number of hydrogen-bond acceptors (Lipinski definition) is 4. The number of aromatic amines is 1. The van der Waals surface area contributed by atoms with Crippen LogP contribution < -0.4 is 0 Å². The van der Waals surface area contributed by atoms with Gasteiger partial charge in [-0.3, -0.25) is 9.89 Å². The molecule has 39 heavy (non-hydrogen) atoms. The lowest BCUT2D eigenvalue weighted by Gasteiger charge is -2.15. The zero-order chi connectivity index (χ0) is 27.9. The highest BCUT2D eigenvalue weighted by Crippen LogP contribution is 2.39. The van der Waals surface area contributed by atoms with Crippen molar-refractivity contribution in [3.8, 4) is 28.5 Å². The Labute approximate surface area is 223 Å². The molecule has 10 heteroatoms. The van der Waals surface area contributed by atoms with E-state index >= 15 is 0 Å². The molecule has 0 aliphatic heterocycles. The van der Waals surface area contributed by atoms with Gasteiger partial charge in [-0.25, -0.2) is 4.79 Å². The number of nitrogens with one attached hydrogen (secondary N) is 1. The molecule has 5 aromatic rings. The van der Waals surface area contributed by atoms with Crippen molar-refractivity contribution in [2.24, 2.45) is 0 Å². The number of nitrogens with zero attached hydrogens (tertiary/aromatic N) is 2. The smallest absolute Gasteiger partial charge is 0.417 e. The van der Waals surface area contributed by atoms with Crippen molar-refractivity contribution < 1.29 is 27.9 Å². The van der Waals surface area contributed by atoms with Crippen LogP contribution in [0.5, 0.6) is 0 Å². The number of benzene rings is 4. The van der Waals surface area contributed by atoms with E-state index in [1.54, 1.807) is 30.3 Å². The summed E-state index contributed by atoms with van der Waals surface area (Å²) in [6.45, 7) is 0. The van der Waals surface area contributed by atoms with Crippen LogP contribution in [0.3, 0.4) is 0 Å². The molecule has 6 nitrogen and oxygen atoms in total. The molecule has 0 unspecified atom stereocenters. The maximum atomic E-state index is 13.9. The van der Waals surface area contributed by atoms with Crippen molar-refractivity contribution in [3.05, 3.63) is 112 Å². The zero-order valence-corrected chi connectivity index (χ0v) is 20.4. The fourth-order valence-corrected chi connectivity index (χ4v) is 4.61. The monoisotopic (exact) mass is 545 g/mol. The van der Waals surface area contributed by atoms with Gasteiger partial charge in [0.15, 0.2) is 5.78 Å². The van der Waals surface area contributed by atoms with Gasteiger partial charge in [-0.2, -0.15) is 23.5 Å². The predicted octanol–water partition coefficient (Wildman–Crippen LogP) is 7.37. The summed E-state index contributed by atoms with van der Waals surface area (Å²) in [4.78, 5) is 25.2. The van der Waals surface area contributed by atoms with E-state index in [2.05, 4.69) is 10.2 Å². The minimum Gasteiger partial charge on any atom is -0.478 e. The van der Waals surface area contributed by atoms with E-state index in [-0.39, 0.29) is 27.2 Å². The number of aromatic carboxylic acids is 1. The molecular formula is C29H15ClF3N3O3. The second-order valence-electron chi connectivity index (χ2n) is 8.58. The van der Waals surface area contributed by atoms with Crippen molar-refractivity contribution in [1.82, 2.24) is 10.2 Å². The van der Waals surface area contributed by atoms with Gasteiger partial charge in [-0.15, -0.1) is 0 Å². The first-order valence-corrected chi connectivity index (χ1v) is 11.7. The number of halogens is 4. The Morgan fingerprint density at radius 3 is 2.21 bits per heavy atom. The molecule has 4 aromatic carbocycles. The second-order valence-corrected chi connectivity index (χ2v) is 8.99. The van der Waals surface area contributed by atoms with Crippen LogP contribution in [-0.4, -0.2) is 27.1 Å². The third-order valence-electron chi connectivity index (χ3n) is 6.21. The molecule has 0 atom stereocenters. The Morgan fingerprint density at radius 1 is 0.923 bits per heavy atom. The Morgan fingerprint density at radius 2 is 1.59 bits per heavy atom. The van der Waals surface area contributed by atoms with Gasteiger partial charge in [0.25, 0.3) is 0 Å². The Bertz CT molecular complexity index is 1800. The van der Waals surface area contributed by atoms with Crippen molar-refractivity contribution >= 4 is 34.3 Å². The number of rotatable bonds is 5. The van der Waals surface area contributed by atoms with Crippen LogP contribution >= 0.6 is 11.6 Å². The Kier molecular flexibility index (Phi) is 6.42. The first kappa shape index (κ1) is 25.7. The highest BCUT2D eigenvalue weighted by molar-refractivity contribution is 6.36. The highest BCUT2D eigenvalue weighted by atomic mass is 35.5. The molecule has 0 saturated heterocycles. The van der Waals surface area contributed by atoms with Gasteiger partial charge in [-0.05, 0) is 59.7 Å². The average molecular weight is 546 g/mol. The van der Waals surface area contributed by atoms with Crippen LogP contribution in [0.1, 0.15) is 37.4 Å². The highest BCUT2D eigenvalue weighted by Gasteiger charge is 2.37. The number of fused-ring (bicyclic) bond motifs is 1. The fraction of sp³-hybridized carbons (Fsp3) is 0.0345. The summed E-state index contributed by atoms with van der Waals surface area (Å²) in [5.41, 5.74) is 0.647. The van der Waals surface area contributed by atoms with Crippen LogP contribution in [0.2, 0.25) is 5.02 Å². The molecule has 0 bridgehead atoms. The molecule has 0 fully saturated rings. The number of carbonyl (C=O) groups excluding carboxylic acids is 1. The fourth-order valence-electron chi connectivity index (χ4n) is 4.35. The number of nitriles is 1. The number of carboxylic acid groups (broad SMARTS) is 1. The quantitative estimate of drug-likeness (QED) is 0.224. The van der Waals surface area contributed by atoms with Crippen molar-refractivity contribution in [3.63, 3.8) is 0 Å². The van der Waals surface area contributed by atoms with E-state index < -0.39 is 29.1 Å². The summed E-state index contributed by atoms with van der Waals surface area (Å²) in [6.07, 6.45) is -4.84. The Balaban J connectivity index is 1.78. The first-order chi connectivity index (χ1) is 18.6. The summed E-state index contributed by atoms with van der Waals surface area (Å²) >= 11 is 6.17. The van der Waals surface area contributed by atoms with Crippen molar-refractivity contribution in [1.29, 1.82) is 5.26 Å². The van der Waals surface area contributed by atoms with Crippen LogP contribution in [-0.2, 0) is 6.18 Å². The van der Waals surface area contributed by atoms with Crippen molar-refractivity contribution in [2.75, 3.05) is 0 Å². The normalized spacial score (nSPS) is 11.4. The SMILES string of the molecule is N#Cc1ccc(-c2cc(C(=O)c3c(Cl)cccc3C(F)(F)F)c3c(-c4ccc(C(=O)O)cc4)n[nH]c3c2)cc1. The number of H-pyrrole nitrogens is 1. The minimum absolute atomic E-state index is 0.0314. The largest absolute Gasteiger partial charge is 0.478 e. The number of carboxylic acids is 1. The molecule has 5 rings (SSSR count). The molecular weight excluding hydrogens is 531 g/mol. The van der Waals surface area contributed by atoms with Crippen molar-refractivity contribution in [2.45, 2.75) is 6.18 Å². The summed E-state index contributed by atoms with van der Waals surface area (Å²) in [5, 5.41) is 25.4. The number of alkyl halides is 3. The first-order valence-electron chi connectivity index (χ1n) is 11.4. The van der Waals surface area contributed by atoms with Gasteiger partial charge >= 0.3 is 12.1 Å². The molecule has 1 aromatic heterocycles. The summed E-state index contributed by atoms with van der Waals surface area (Å²) in [7, 11) is 0. The van der Waals surface area contributed by atoms with Gasteiger partial charge in [0, 0.05) is 16.5 Å². The lowest BCUT2D eigenvalue weighted by atomic mass is 9.90. The minimum atomic E-state index is -4.84. The number of ketones is 1. The molecule has 0 saturated carbocycles. The van der Waals surface area contributed by atoms with Crippen LogP contribution in [0.25, 0.3) is 33.3 Å². The number of carbonyl (C=O) groups is 2. The molecule has 0 aliphatic rings. The maximum absolute atomic E-state index is 13.9. The molecule has 2 N–H and O–H groups in total. The third-order valence-corrected chi connectivity index (χ3v) is 6.52. The van der Waals surface area contributed by atoms with E-state index in [4.69, 9.17) is 16.9 Å². The van der Waals surface area contributed by atoms with Gasteiger partial charge in [0.2, 0.25) is 0 Å². The van der Waals surface area contributed by atoms with E-state index in [1.807, 2.05) is 6.07 Å². The van der Waals surface area contributed by atoms with E-state index in [1.165, 1.54) is 36.4 Å². The summed E-state index contributed by atoms with van der Waals surface area (Å²) in [6, 6.07) is 20.5. The Hall–Kier alpha value is -4.94. The van der Waals surface area contributed by atoms with E-state index in [0.717, 1.165) is 12.1 Å². The number of aromatic nitrogens is 2. The third kappa shape index (κ3) is 4.74. The average Bonchev–Trinajstić information content (AvgIpc) is 3.36.